The summed E-state index contributed by atoms with van der Waals surface area (Å²) in [4.78, 5) is 41.3. The Bertz CT molecular complexity index is 1250. The molecule has 1 aliphatic rings. The van der Waals surface area contributed by atoms with Gasteiger partial charge in [-0.1, -0.05) is 17.8 Å². The summed E-state index contributed by atoms with van der Waals surface area (Å²) in [5.74, 6) is 0.232. The number of nitrogens with zero attached hydrogens (tertiary/aromatic N) is 1. The van der Waals surface area contributed by atoms with Crippen LogP contribution in [0.2, 0.25) is 0 Å². The molecule has 0 spiro atoms. The highest BCUT2D eigenvalue weighted by atomic mass is 32.2. The second-order valence-electron chi connectivity index (χ2n) is 7.12. The zero-order chi connectivity index (χ0) is 24.6. The Morgan fingerprint density at radius 1 is 0.971 bits per heavy atom. The molecule has 3 aromatic rings. The predicted molar refractivity (Wildman–Crippen MR) is 128 cm³/mol. The SMILES string of the molecule is COc1cccc(NC(=O)COC(=O)c2cccnc2SCC(=O)Nc2ccc3c(c2)OCO3)c1. The molecule has 0 unspecified atom stereocenters. The first-order valence-corrected chi connectivity index (χ1v) is 11.4. The fourth-order valence-electron chi connectivity index (χ4n) is 3.07. The van der Waals surface area contributed by atoms with Gasteiger partial charge in [-0.25, -0.2) is 9.78 Å². The number of hydrogen-bond acceptors (Lipinski definition) is 9. The molecule has 180 valence electrons. The fraction of sp³-hybridized carbons (Fsp3) is 0.167. The third-order valence-electron chi connectivity index (χ3n) is 4.68. The number of nitrogens with one attached hydrogen (secondary N) is 2. The standard InChI is InChI=1S/C24H21N3O7S/c1-31-17-5-2-4-15(10-17)26-21(28)12-32-24(30)18-6-3-9-25-23(18)35-13-22(29)27-16-7-8-19-20(11-16)34-14-33-19/h2-11H,12-14H2,1H3,(H,26,28)(H,27,29). The van der Waals surface area contributed by atoms with Crippen molar-refractivity contribution in [1.82, 2.24) is 4.98 Å². The maximum absolute atomic E-state index is 12.6. The molecular weight excluding hydrogens is 474 g/mol. The Hall–Kier alpha value is -4.25. The van der Waals surface area contributed by atoms with Crippen molar-refractivity contribution in [3.63, 3.8) is 0 Å². The van der Waals surface area contributed by atoms with Crippen LogP contribution in [0.25, 0.3) is 0 Å². The number of esters is 1. The Labute approximate surface area is 204 Å². The van der Waals surface area contributed by atoms with Crippen LogP contribution in [-0.2, 0) is 14.3 Å². The number of anilines is 2. The van der Waals surface area contributed by atoms with Gasteiger partial charge in [0.25, 0.3) is 5.91 Å². The molecule has 10 nitrogen and oxygen atoms in total. The molecule has 0 fully saturated rings. The maximum Gasteiger partial charge on any atom is 0.341 e. The molecule has 2 heterocycles. The Balaban J connectivity index is 1.29. The maximum atomic E-state index is 12.6. The van der Waals surface area contributed by atoms with Crippen molar-refractivity contribution in [1.29, 1.82) is 0 Å². The molecule has 0 bridgehead atoms. The van der Waals surface area contributed by atoms with Gasteiger partial charge in [0.2, 0.25) is 12.7 Å². The average molecular weight is 496 g/mol. The topological polar surface area (TPSA) is 125 Å². The summed E-state index contributed by atoms with van der Waals surface area (Å²) in [6.45, 7) is -0.344. The number of benzene rings is 2. The van der Waals surface area contributed by atoms with Gasteiger partial charge in [-0.3, -0.25) is 9.59 Å². The number of hydrogen-bond donors (Lipinski definition) is 2. The summed E-state index contributed by atoms with van der Waals surface area (Å²) in [7, 11) is 1.52. The zero-order valence-corrected chi connectivity index (χ0v) is 19.4. The van der Waals surface area contributed by atoms with E-state index in [1.807, 2.05) is 0 Å². The normalized spacial score (nSPS) is 11.5. The molecule has 0 aliphatic carbocycles. The monoisotopic (exact) mass is 495 g/mol. The van der Waals surface area contributed by atoms with Crippen molar-refractivity contribution in [3.8, 4) is 17.2 Å². The minimum atomic E-state index is -0.724. The number of aromatic nitrogens is 1. The molecule has 11 heteroatoms. The van der Waals surface area contributed by atoms with Crippen LogP contribution in [0.3, 0.4) is 0 Å². The molecule has 0 atom stereocenters. The summed E-state index contributed by atoms with van der Waals surface area (Å²) >= 11 is 1.07. The molecule has 2 aromatic carbocycles. The number of rotatable bonds is 9. The van der Waals surface area contributed by atoms with E-state index in [-0.39, 0.29) is 24.0 Å². The van der Waals surface area contributed by atoms with E-state index in [4.69, 9.17) is 18.9 Å². The van der Waals surface area contributed by atoms with Crippen molar-refractivity contribution >= 4 is 40.9 Å². The highest BCUT2D eigenvalue weighted by Crippen LogP contribution is 2.34. The zero-order valence-electron chi connectivity index (χ0n) is 18.6. The average Bonchev–Trinajstić information content (AvgIpc) is 3.34. The third kappa shape index (κ3) is 6.42. The van der Waals surface area contributed by atoms with Crippen LogP contribution in [0.15, 0.2) is 65.8 Å². The number of pyridine rings is 1. The van der Waals surface area contributed by atoms with Crippen LogP contribution in [0, 0.1) is 0 Å². The minimum Gasteiger partial charge on any atom is -0.497 e. The van der Waals surface area contributed by atoms with Gasteiger partial charge in [0.15, 0.2) is 18.1 Å². The summed E-state index contributed by atoms with van der Waals surface area (Å²) in [5, 5.41) is 5.70. The Morgan fingerprint density at radius 2 is 1.77 bits per heavy atom. The van der Waals surface area contributed by atoms with E-state index in [1.54, 1.807) is 48.5 Å². The summed E-state index contributed by atoms with van der Waals surface area (Å²) in [6.07, 6.45) is 1.50. The lowest BCUT2D eigenvalue weighted by Crippen LogP contribution is -2.21. The smallest absolute Gasteiger partial charge is 0.341 e. The molecule has 2 amide bonds. The first-order valence-electron chi connectivity index (χ1n) is 10.4. The quantitative estimate of drug-likeness (QED) is 0.340. The fourth-order valence-corrected chi connectivity index (χ4v) is 3.86. The van der Waals surface area contributed by atoms with Crippen molar-refractivity contribution in [2.24, 2.45) is 0 Å². The van der Waals surface area contributed by atoms with Crippen molar-refractivity contribution in [2.75, 3.05) is 36.9 Å². The van der Waals surface area contributed by atoms with Gasteiger partial charge in [-0.2, -0.15) is 0 Å². The minimum absolute atomic E-state index is 0.00205. The number of fused-ring (bicyclic) bond motifs is 1. The van der Waals surface area contributed by atoms with Crippen molar-refractivity contribution < 1.29 is 33.3 Å². The van der Waals surface area contributed by atoms with E-state index in [0.717, 1.165) is 11.8 Å². The number of carbonyl (C=O) groups is 3. The van der Waals surface area contributed by atoms with E-state index in [9.17, 15) is 14.4 Å². The van der Waals surface area contributed by atoms with Crippen LogP contribution in [-0.4, -0.2) is 49.0 Å². The van der Waals surface area contributed by atoms with Gasteiger partial charge in [0.1, 0.15) is 10.8 Å². The molecule has 0 saturated carbocycles. The van der Waals surface area contributed by atoms with Crippen LogP contribution in [0.4, 0.5) is 11.4 Å². The largest absolute Gasteiger partial charge is 0.497 e. The van der Waals surface area contributed by atoms with Gasteiger partial charge in [0, 0.05) is 29.7 Å². The van der Waals surface area contributed by atoms with Gasteiger partial charge in [0.05, 0.1) is 18.4 Å². The highest BCUT2D eigenvalue weighted by molar-refractivity contribution is 8.00. The molecule has 4 rings (SSSR count). The highest BCUT2D eigenvalue weighted by Gasteiger charge is 2.18. The number of methoxy groups -OCH3 is 1. The summed E-state index contributed by atoms with van der Waals surface area (Å²) < 4.78 is 20.8. The number of ether oxygens (including phenoxy) is 4. The van der Waals surface area contributed by atoms with E-state index in [1.165, 1.54) is 19.4 Å². The molecule has 0 saturated heterocycles. The Kier molecular flexibility index (Phi) is 7.68. The summed E-state index contributed by atoms with van der Waals surface area (Å²) in [5.41, 5.74) is 1.22. The molecule has 0 radical (unpaired) electrons. The number of carbonyl (C=O) groups excluding carboxylic acids is 3. The summed E-state index contributed by atoms with van der Waals surface area (Å²) in [6, 6.07) is 15.0. The van der Waals surface area contributed by atoms with E-state index in [0.29, 0.717) is 33.6 Å². The van der Waals surface area contributed by atoms with E-state index >= 15 is 0 Å². The molecule has 35 heavy (non-hydrogen) atoms. The first kappa shape index (κ1) is 23.9. The lowest BCUT2D eigenvalue weighted by molar-refractivity contribution is -0.119. The first-order chi connectivity index (χ1) is 17.0. The van der Waals surface area contributed by atoms with Gasteiger partial charge >= 0.3 is 5.97 Å². The van der Waals surface area contributed by atoms with E-state index < -0.39 is 18.5 Å². The van der Waals surface area contributed by atoms with Gasteiger partial charge in [-0.05, 0) is 36.4 Å². The molecular formula is C24H21N3O7S. The number of thioether (sulfide) groups is 1. The number of amides is 2. The van der Waals surface area contributed by atoms with Gasteiger partial charge < -0.3 is 29.6 Å². The second-order valence-corrected chi connectivity index (χ2v) is 8.08. The van der Waals surface area contributed by atoms with Crippen LogP contribution in [0.5, 0.6) is 17.2 Å². The van der Waals surface area contributed by atoms with Crippen LogP contribution in [0.1, 0.15) is 10.4 Å². The lowest BCUT2D eigenvalue weighted by Gasteiger charge is -2.10. The second kappa shape index (κ2) is 11.3. The third-order valence-corrected chi connectivity index (χ3v) is 5.68. The lowest BCUT2D eigenvalue weighted by atomic mass is 10.3. The van der Waals surface area contributed by atoms with Gasteiger partial charge in [-0.15, -0.1) is 0 Å². The van der Waals surface area contributed by atoms with Crippen LogP contribution >= 0.6 is 11.8 Å². The van der Waals surface area contributed by atoms with Crippen molar-refractivity contribution in [3.05, 3.63) is 66.4 Å². The molecule has 2 N–H and O–H groups in total. The molecule has 1 aromatic heterocycles. The van der Waals surface area contributed by atoms with Crippen LogP contribution < -0.4 is 24.8 Å². The predicted octanol–water partition coefficient (Wildman–Crippen LogP) is 3.35. The van der Waals surface area contributed by atoms with E-state index in [2.05, 4.69) is 15.6 Å². The van der Waals surface area contributed by atoms with Crippen molar-refractivity contribution in [2.45, 2.75) is 5.03 Å². The molecule has 1 aliphatic heterocycles. The Morgan fingerprint density at radius 3 is 2.63 bits per heavy atom.